The highest BCUT2D eigenvalue weighted by atomic mass is 19.4. The van der Waals surface area contributed by atoms with E-state index in [1.165, 1.54) is 6.07 Å². The monoisotopic (exact) mass is 457 g/mol. The van der Waals surface area contributed by atoms with Crippen molar-refractivity contribution in [3.8, 4) is 0 Å². The smallest absolute Gasteiger partial charge is 0.373 e. The van der Waals surface area contributed by atoms with Gasteiger partial charge in [0.1, 0.15) is 5.82 Å². The van der Waals surface area contributed by atoms with Gasteiger partial charge in [-0.05, 0) is 38.8 Å². The highest BCUT2D eigenvalue weighted by molar-refractivity contribution is 5.78. The second-order valence-electron chi connectivity index (χ2n) is 8.74. The summed E-state index contributed by atoms with van der Waals surface area (Å²) in [6.45, 7) is 10.7. The summed E-state index contributed by atoms with van der Waals surface area (Å²) >= 11 is 0. The van der Waals surface area contributed by atoms with Crippen molar-refractivity contribution in [1.82, 2.24) is 20.1 Å². The lowest BCUT2D eigenvalue weighted by Crippen LogP contribution is -2.46. The van der Waals surface area contributed by atoms with E-state index in [9.17, 15) is 18.0 Å². The van der Waals surface area contributed by atoms with Crippen LogP contribution in [0.15, 0.2) is 18.3 Å². The lowest BCUT2D eigenvalue weighted by molar-refractivity contribution is -0.137. The van der Waals surface area contributed by atoms with Crippen molar-refractivity contribution in [2.45, 2.75) is 45.1 Å². The third kappa shape index (κ3) is 7.60. The first kappa shape index (κ1) is 24.7. The van der Waals surface area contributed by atoms with Crippen molar-refractivity contribution in [1.29, 1.82) is 0 Å². The molecule has 2 aliphatic rings. The summed E-state index contributed by atoms with van der Waals surface area (Å²) < 4.78 is 43.9. The van der Waals surface area contributed by atoms with Crippen LogP contribution in [0.5, 0.6) is 0 Å². The number of carbonyl (C=O) groups excluding carboxylic acids is 1. The standard InChI is InChI=1S/C22H34F3N5O2/c1-17-14-29(15-18(2)32-17)8-3-7-26-21(31)16-28-9-4-10-30(12-11-28)20-6-5-19(13-27-20)22(23,24)25/h5-6,13,17-18H,3-4,7-12,14-16H2,1-2H3,(H,26,31)/t17-,18-/m0/s1. The van der Waals surface area contributed by atoms with Gasteiger partial charge in [-0.1, -0.05) is 0 Å². The molecule has 0 unspecified atom stereocenters. The Morgan fingerprint density at radius 1 is 1.12 bits per heavy atom. The van der Waals surface area contributed by atoms with Crippen molar-refractivity contribution in [2.24, 2.45) is 0 Å². The van der Waals surface area contributed by atoms with Crippen LogP contribution in [0.4, 0.5) is 19.0 Å². The van der Waals surface area contributed by atoms with Gasteiger partial charge in [-0.15, -0.1) is 0 Å². The molecule has 3 rings (SSSR count). The number of hydrogen-bond donors (Lipinski definition) is 1. The van der Waals surface area contributed by atoms with Crippen LogP contribution < -0.4 is 10.2 Å². The minimum Gasteiger partial charge on any atom is -0.373 e. The van der Waals surface area contributed by atoms with Crippen LogP contribution in [0.2, 0.25) is 0 Å². The Balaban J connectivity index is 1.36. The van der Waals surface area contributed by atoms with Gasteiger partial charge < -0.3 is 15.0 Å². The first-order chi connectivity index (χ1) is 15.2. The Morgan fingerprint density at radius 2 is 1.88 bits per heavy atom. The van der Waals surface area contributed by atoms with Gasteiger partial charge in [0.2, 0.25) is 5.91 Å². The van der Waals surface area contributed by atoms with Gasteiger partial charge >= 0.3 is 6.18 Å². The predicted molar refractivity (Wildman–Crippen MR) is 117 cm³/mol. The molecule has 0 spiro atoms. The predicted octanol–water partition coefficient (Wildman–Crippen LogP) is 2.23. The number of alkyl halides is 3. The highest BCUT2D eigenvalue weighted by Gasteiger charge is 2.31. The average Bonchev–Trinajstić information content (AvgIpc) is 2.95. The fourth-order valence-corrected chi connectivity index (χ4v) is 4.36. The van der Waals surface area contributed by atoms with Gasteiger partial charge in [0.25, 0.3) is 0 Å². The minimum absolute atomic E-state index is 0.00909. The molecule has 1 aromatic rings. The summed E-state index contributed by atoms with van der Waals surface area (Å²) in [5.41, 5.74) is -0.744. The molecule has 0 aliphatic carbocycles. The Labute approximate surface area is 187 Å². The molecule has 7 nitrogen and oxygen atoms in total. The first-order valence-corrected chi connectivity index (χ1v) is 11.4. The third-order valence-electron chi connectivity index (χ3n) is 5.82. The van der Waals surface area contributed by atoms with Crippen molar-refractivity contribution in [3.63, 3.8) is 0 Å². The molecule has 2 atom stereocenters. The van der Waals surface area contributed by atoms with Gasteiger partial charge in [-0.25, -0.2) is 4.98 Å². The summed E-state index contributed by atoms with van der Waals surface area (Å²) in [7, 11) is 0. The van der Waals surface area contributed by atoms with Crippen molar-refractivity contribution >= 4 is 11.7 Å². The fraction of sp³-hybridized carbons (Fsp3) is 0.727. The summed E-state index contributed by atoms with van der Waals surface area (Å²) in [5, 5.41) is 3.00. The van der Waals surface area contributed by atoms with E-state index in [2.05, 4.69) is 33.9 Å². The van der Waals surface area contributed by atoms with Crippen molar-refractivity contribution < 1.29 is 22.7 Å². The van der Waals surface area contributed by atoms with Gasteiger partial charge in [-0.3, -0.25) is 14.6 Å². The molecule has 3 heterocycles. The Bertz CT molecular complexity index is 721. The molecule has 180 valence electrons. The molecule has 0 radical (unpaired) electrons. The number of halogens is 3. The van der Waals surface area contributed by atoms with E-state index in [0.717, 1.165) is 51.3 Å². The number of amides is 1. The van der Waals surface area contributed by atoms with Crippen LogP contribution in [0.3, 0.4) is 0 Å². The quantitative estimate of drug-likeness (QED) is 0.634. The van der Waals surface area contributed by atoms with Gasteiger partial charge in [0.05, 0.1) is 24.3 Å². The zero-order valence-corrected chi connectivity index (χ0v) is 18.9. The number of anilines is 1. The van der Waals surface area contributed by atoms with Crippen LogP contribution in [0.1, 0.15) is 32.3 Å². The van der Waals surface area contributed by atoms with E-state index in [1.807, 2.05) is 4.90 Å². The normalized spacial score (nSPS) is 23.7. The number of carbonyl (C=O) groups is 1. The van der Waals surface area contributed by atoms with Crippen molar-refractivity contribution in [2.75, 3.05) is 63.8 Å². The Hall–Kier alpha value is -1.91. The summed E-state index contributed by atoms with van der Waals surface area (Å²) in [6.07, 6.45) is -1.29. The number of pyridine rings is 1. The average molecular weight is 458 g/mol. The largest absolute Gasteiger partial charge is 0.417 e. The zero-order valence-electron chi connectivity index (χ0n) is 18.9. The first-order valence-electron chi connectivity index (χ1n) is 11.4. The zero-order chi connectivity index (χ0) is 23.1. The molecule has 2 fully saturated rings. The molecule has 2 saturated heterocycles. The van der Waals surface area contributed by atoms with Crippen LogP contribution in [-0.2, 0) is 15.7 Å². The van der Waals surface area contributed by atoms with E-state index in [4.69, 9.17) is 4.74 Å². The van der Waals surface area contributed by atoms with Crippen LogP contribution >= 0.6 is 0 Å². The molecule has 10 heteroatoms. The SMILES string of the molecule is C[C@H]1CN(CCCNC(=O)CN2CCCN(c3ccc(C(F)(F)F)cn3)CC2)C[C@H](C)O1. The molecule has 1 aromatic heterocycles. The number of aromatic nitrogens is 1. The number of nitrogens with zero attached hydrogens (tertiary/aromatic N) is 4. The van der Waals surface area contributed by atoms with Crippen LogP contribution in [0.25, 0.3) is 0 Å². The summed E-state index contributed by atoms with van der Waals surface area (Å²) in [5.74, 6) is 0.547. The number of ether oxygens (including phenoxy) is 1. The topological polar surface area (TPSA) is 60.9 Å². The summed E-state index contributed by atoms with van der Waals surface area (Å²) in [6, 6.07) is 2.48. The molecular weight excluding hydrogens is 423 g/mol. The maximum atomic E-state index is 12.7. The van der Waals surface area contributed by atoms with Gasteiger partial charge in [0, 0.05) is 58.6 Å². The number of nitrogens with one attached hydrogen (secondary N) is 1. The molecule has 32 heavy (non-hydrogen) atoms. The van der Waals surface area contributed by atoms with Crippen LogP contribution in [-0.4, -0.2) is 91.8 Å². The minimum atomic E-state index is -4.38. The molecule has 0 bridgehead atoms. The lowest BCUT2D eigenvalue weighted by Gasteiger charge is -2.35. The molecule has 0 aromatic carbocycles. The number of hydrogen-bond acceptors (Lipinski definition) is 6. The number of rotatable bonds is 7. The number of morpholine rings is 1. The molecule has 1 N–H and O–H groups in total. The Morgan fingerprint density at radius 3 is 2.53 bits per heavy atom. The van der Waals surface area contributed by atoms with Gasteiger partial charge in [-0.2, -0.15) is 13.2 Å². The maximum absolute atomic E-state index is 12.7. The second kappa shape index (κ2) is 11.3. The second-order valence-corrected chi connectivity index (χ2v) is 8.74. The maximum Gasteiger partial charge on any atom is 0.417 e. The molecule has 2 aliphatic heterocycles. The third-order valence-corrected chi connectivity index (χ3v) is 5.82. The molecule has 0 saturated carbocycles. The van der Waals surface area contributed by atoms with E-state index in [1.54, 1.807) is 0 Å². The Kier molecular flexibility index (Phi) is 8.72. The van der Waals surface area contributed by atoms with E-state index < -0.39 is 11.7 Å². The summed E-state index contributed by atoms with van der Waals surface area (Å²) in [4.78, 5) is 22.8. The van der Waals surface area contributed by atoms with Gasteiger partial charge in [0.15, 0.2) is 0 Å². The van der Waals surface area contributed by atoms with Crippen LogP contribution in [0, 0.1) is 0 Å². The lowest BCUT2D eigenvalue weighted by atomic mass is 10.2. The van der Waals surface area contributed by atoms with E-state index >= 15 is 0 Å². The highest BCUT2D eigenvalue weighted by Crippen LogP contribution is 2.29. The van der Waals surface area contributed by atoms with Crippen molar-refractivity contribution in [3.05, 3.63) is 23.9 Å². The van der Waals surface area contributed by atoms with E-state index in [0.29, 0.717) is 38.5 Å². The van der Waals surface area contributed by atoms with E-state index in [-0.39, 0.29) is 18.1 Å². The molecule has 1 amide bonds. The fourth-order valence-electron chi connectivity index (χ4n) is 4.36. The molecular formula is C22H34F3N5O2.